The van der Waals surface area contributed by atoms with E-state index in [-0.39, 0.29) is 16.3 Å². The minimum Gasteiger partial charge on any atom is -0.334 e. The van der Waals surface area contributed by atoms with Gasteiger partial charge in [0.1, 0.15) is 10.6 Å². The number of sulfonamides is 1. The van der Waals surface area contributed by atoms with Crippen molar-refractivity contribution < 1.29 is 17.7 Å². The van der Waals surface area contributed by atoms with Crippen molar-refractivity contribution in [2.24, 2.45) is 7.05 Å². The summed E-state index contributed by atoms with van der Waals surface area (Å²) in [6.45, 7) is 0. The van der Waals surface area contributed by atoms with E-state index < -0.39 is 15.9 Å². The van der Waals surface area contributed by atoms with Crippen LogP contribution >= 0.6 is 0 Å². The second-order valence-electron chi connectivity index (χ2n) is 5.25. The van der Waals surface area contributed by atoms with Gasteiger partial charge < -0.3 is 4.52 Å². The SMILES string of the molecule is CN1C(=O)c2ccc(-c3nc(-c4ccnn4C)no3)cc2S1(=O)=O. The molecule has 0 radical (unpaired) electrons. The monoisotopic (exact) mass is 345 g/mol. The fourth-order valence-electron chi connectivity index (χ4n) is 2.51. The number of nitrogens with zero attached hydrogens (tertiary/aromatic N) is 5. The van der Waals surface area contributed by atoms with Gasteiger partial charge >= 0.3 is 0 Å². The van der Waals surface area contributed by atoms with Gasteiger partial charge in [-0.2, -0.15) is 10.1 Å². The molecule has 0 fully saturated rings. The van der Waals surface area contributed by atoms with Crippen LogP contribution in [0.4, 0.5) is 0 Å². The van der Waals surface area contributed by atoms with Crippen molar-refractivity contribution in [2.45, 2.75) is 4.90 Å². The molecule has 0 atom stereocenters. The molecule has 3 aromatic rings. The molecule has 122 valence electrons. The van der Waals surface area contributed by atoms with Crippen LogP contribution < -0.4 is 0 Å². The van der Waals surface area contributed by atoms with E-state index >= 15 is 0 Å². The number of fused-ring (bicyclic) bond motifs is 1. The molecule has 2 aromatic heterocycles. The van der Waals surface area contributed by atoms with Crippen LogP contribution in [0, 0.1) is 0 Å². The Morgan fingerprint density at radius 3 is 2.67 bits per heavy atom. The maximum Gasteiger partial charge on any atom is 0.268 e. The summed E-state index contributed by atoms with van der Waals surface area (Å²) >= 11 is 0. The number of hydrogen-bond acceptors (Lipinski definition) is 7. The van der Waals surface area contributed by atoms with E-state index in [9.17, 15) is 13.2 Å². The summed E-state index contributed by atoms with van der Waals surface area (Å²) < 4.78 is 32.0. The van der Waals surface area contributed by atoms with Crippen molar-refractivity contribution in [2.75, 3.05) is 7.05 Å². The van der Waals surface area contributed by atoms with E-state index in [1.54, 1.807) is 30.1 Å². The van der Waals surface area contributed by atoms with Gasteiger partial charge in [-0.25, -0.2) is 12.7 Å². The Morgan fingerprint density at radius 2 is 1.96 bits per heavy atom. The molecule has 10 heteroatoms. The number of benzene rings is 1. The van der Waals surface area contributed by atoms with Crippen LogP contribution in [0.1, 0.15) is 10.4 Å². The Labute approximate surface area is 136 Å². The third-order valence-corrected chi connectivity index (χ3v) is 5.64. The van der Waals surface area contributed by atoms with Crippen LogP contribution in [0.3, 0.4) is 0 Å². The van der Waals surface area contributed by atoms with Crippen LogP contribution in [0.2, 0.25) is 0 Å². The fourth-order valence-corrected chi connectivity index (χ4v) is 3.83. The lowest BCUT2D eigenvalue weighted by Gasteiger charge is -2.05. The van der Waals surface area contributed by atoms with Crippen molar-refractivity contribution in [3.8, 4) is 23.0 Å². The van der Waals surface area contributed by atoms with Crippen molar-refractivity contribution in [3.63, 3.8) is 0 Å². The average molecular weight is 345 g/mol. The molecule has 9 nitrogen and oxygen atoms in total. The van der Waals surface area contributed by atoms with E-state index in [4.69, 9.17) is 4.52 Å². The minimum atomic E-state index is -3.83. The van der Waals surface area contributed by atoms with E-state index in [2.05, 4.69) is 15.2 Å². The number of carbonyl (C=O) groups is 1. The van der Waals surface area contributed by atoms with Gasteiger partial charge in [0.05, 0.1) is 5.56 Å². The topological polar surface area (TPSA) is 111 Å². The highest BCUT2D eigenvalue weighted by Gasteiger charge is 2.38. The van der Waals surface area contributed by atoms with Gasteiger partial charge in [0.2, 0.25) is 5.82 Å². The normalized spacial score (nSPS) is 15.8. The molecule has 1 aliphatic heterocycles. The zero-order chi connectivity index (χ0) is 17.1. The zero-order valence-corrected chi connectivity index (χ0v) is 13.5. The van der Waals surface area contributed by atoms with Gasteiger partial charge in [-0.05, 0) is 24.3 Å². The highest BCUT2D eigenvalue weighted by atomic mass is 32.2. The largest absolute Gasteiger partial charge is 0.334 e. The Bertz CT molecular complexity index is 1080. The highest BCUT2D eigenvalue weighted by molar-refractivity contribution is 7.90. The lowest BCUT2D eigenvalue weighted by Crippen LogP contribution is -2.24. The summed E-state index contributed by atoms with van der Waals surface area (Å²) in [5.41, 5.74) is 1.21. The van der Waals surface area contributed by atoms with Gasteiger partial charge in [-0.1, -0.05) is 5.16 Å². The van der Waals surface area contributed by atoms with Crippen LogP contribution in [-0.4, -0.2) is 45.6 Å². The van der Waals surface area contributed by atoms with Gasteiger partial charge in [-0.3, -0.25) is 9.48 Å². The predicted molar refractivity (Wildman–Crippen MR) is 81.2 cm³/mol. The van der Waals surface area contributed by atoms with Crippen LogP contribution in [0.15, 0.2) is 39.9 Å². The molecular weight excluding hydrogens is 334 g/mol. The molecule has 0 saturated carbocycles. The van der Waals surface area contributed by atoms with Crippen LogP contribution in [0.5, 0.6) is 0 Å². The molecule has 0 N–H and O–H groups in total. The average Bonchev–Trinajstić information content (AvgIpc) is 3.24. The summed E-state index contributed by atoms with van der Waals surface area (Å²) in [5, 5.41) is 7.91. The Balaban J connectivity index is 1.81. The van der Waals surface area contributed by atoms with Gasteiger partial charge in [0, 0.05) is 25.9 Å². The summed E-state index contributed by atoms with van der Waals surface area (Å²) in [5.74, 6) is -0.0644. The van der Waals surface area contributed by atoms with Crippen molar-refractivity contribution in [1.82, 2.24) is 24.2 Å². The summed E-state index contributed by atoms with van der Waals surface area (Å²) in [7, 11) is -0.856. The second-order valence-corrected chi connectivity index (χ2v) is 7.19. The molecule has 4 rings (SSSR count). The van der Waals surface area contributed by atoms with Crippen molar-refractivity contribution in [3.05, 3.63) is 36.0 Å². The molecule has 0 saturated heterocycles. The fraction of sp³-hybridized carbons (Fsp3) is 0.143. The third-order valence-electron chi connectivity index (χ3n) is 3.86. The van der Waals surface area contributed by atoms with Crippen LogP contribution in [-0.2, 0) is 17.1 Å². The lowest BCUT2D eigenvalue weighted by molar-refractivity contribution is 0.0891. The standard InChI is InChI=1S/C14H11N5O4S/c1-18-10(5-6-15-18)12-16-13(23-17-12)8-3-4-9-11(7-8)24(21,22)19(2)14(9)20/h3-7H,1-2H3. The molecule has 1 amide bonds. The minimum absolute atomic E-state index is 0.0622. The maximum atomic E-state index is 12.2. The Morgan fingerprint density at radius 1 is 1.17 bits per heavy atom. The first-order valence-electron chi connectivity index (χ1n) is 6.89. The second kappa shape index (κ2) is 4.74. The number of rotatable bonds is 2. The Hall–Kier alpha value is -3.01. The quantitative estimate of drug-likeness (QED) is 0.678. The number of aromatic nitrogens is 4. The first-order valence-corrected chi connectivity index (χ1v) is 8.33. The van der Waals surface area contributed by atoms with Crippen molar-refractivity contribution >= 4 is 15.9 Å². The first-order chi connectivity index (χ1) is 11.4. The van der Waals surface area contributed by atoms with Gasteiger partial charge in [0.15, 0.2) is 0 Å². The van der Waals surface area contributed by atoms with E-state index in [0.717, 1.165) is 4.31 Å². The number of aryl methyl sites for hydroxylation is 1. The number of carbonyl (C=O) groups excluding carboxylic acids is 1. The smallest absolute Gasteiger partial charge is 0.268 e. The van der Waals surface area contributed by atoms with E-state index in [0.29, 0.717) is 17.1 Å². The number of hydrogen-bond donors (Lipinski definition) is 0. The summed E-state index contributed by atoms with van der Waals surface area (Å²) in [6, 6.07) is 6.12. The Kier molecular flexibility index (Phi) is 2.88. The first kappa shape index (κ1) is 14.6. The van der Waals surface area contributed by atoms with Gasteiger partial charge in [-0.15, -0.1) is 0 Å². The molecule has 0 aliphatic carbocycles. The molecule has 0 bridgehead atoms. The molecular formula is C14H11N5O4S. The predicted octanol–water partition coefficient (Wildman–Crippen LogP) is 0.911. The molecule has 0 spiro atoms. The van der Waals surface area contributed by atoms with Crippen LogP contribution in [0.25, 0.3) is 23.0 Å². The van der Waals surface area contributed by atoms with E-state index in [1.165, 1.54) is 19.2 Å². The molecule has 0 unspecified atom stereocenters. The third kappa shape index (κ3) is 1.89. The molecule has 1 aliphatic rings. The molecule has 1 aromatic carbocycles. The summed E-state index contributed by atoms with van der Waals surface area (Å²) in [6.07, 6.45) is 1.61. The molecule has 3 heterocycles. The summed E-state index contributed by atoms with van der Waals surface area (Å²) in [4.78, 5) is 16.1. The highest BCUT2D eigenvalue weighted by Crippen LogP contribution is 2.32. The van der Waals surface area contributed by atoms with Gasteiger partial charge in [0.25, 0.3) is 21.8 Å². The maximum absolute atomic E-state index is 12.2. The zero-order valence-electron chi connectivity index (χ0n) is 12.7. The van der Waals surface area contributed by atoms with Crippen molar-refractivity contribution in [1.29, 1.82) is 0 Å². The number of amides is 1. The van der Waals surface area contributed by atoms with E-state index in [1.807, 2.05) is 0 Å². The lowest BCUT2D eigenvalue weighted by atomic mass is 10.1. The molecule has 24 heavy (non-hydrogen) atoms.